The molecule has 0 heterocycles. The Morgan fingerprint density at radius 3 is 1.73 bits per heavy atom. The van der Waals surface area contributed by atoms with Crippen LogP contribution >= 0.6 is 0 Å². The summed E-state index contributed by atoms with van der Waals surface area (Å²) in [4.78, 5) is 0. The lowest BCUT2D eigenvalue weighted by molar-refractivity contribution is 0.191. The maximum Gasteiger partial charge on any atom is 0.219 e. The van der Waals surface area contributed by atoms with E-state index in [0.29, 0.717) is 12.8 Å². The third kappa shape index (κ3) is 6.58. The minimum absolute atomic E-state index is 0.137. The average Bonchev–Trinajstić information content (AvgIpc) is 2.77. The Balaban J connectivity index is 2.34. The smallest absolute Gasteiger partial charge is 0.219 e. The fourth-order valence-electron chi connectivity index (χ4n) is 3.12. The van der Waals surface area contributed by atoms with Crippen LogP contribution in [0, 0.1) is 0 Å². The highest BCUT2D eigenvalue weighted by Crippen LogP contribution is 2.23. The Bertz CT molecular complexity index is 829. The van der Waals surface area contributed by atoms with E-state index in [1.807, 2.05) is 48.5 Å². The van der Waals surface area contributed by atoms with Crippen LogP contribution in [-0.2, 0) is 27.8 Å². The van der Waals surface area contributed by atoms with Gasteiger partial charge in [0.1, 0.15) is 11.5 Å². The molecule has 0 spiro atoms. The quantitative estimate of drug-likeness (QED) is 0.447. The summed E-state index contributed by atoms with van der Waals surface area (Å²) in [6.07, 6.45) is 2.79. The third-order valence-electron chi connectivity index (χ3n) is 4.86. The third-order valence-corrected chi connectivity index (χ3v) is 7.05. The molecule has 0 N–H and O–H groups in total. The minimum atomic E-state index is -3.63. The fourth-order valence-corrected chi connectivity index (χ4v) is 4.95. The van der Waals surface area contributed by atoms with Crippen LogP contribution in [0.5, 0.6) is 11.5 Å². The van der Waals surface area contributed by atoms with Crippen molar-refractivity contribution in [3.05, 3.63) is 72.3 Å². The van der Waals surface area contributed by atoms with Crippen LogP contribution in [0.25, 0.3) is 0 Å². The van der Waals surface area contributed by atoms with Gasteiger partial charge < -0.3 is 14.2 Å². The van der Waals surface area contributed by atoms with Gasteiger partial charge >= 0.3 is 0 Å². The van der Waals surface area contributed by atoms with E-state index in [4.69, 9.17) is 14.2 Å². The summed E-state index contributed by atoms with van der Waals surface area (Å²) in [6.45, 7) is 4.36. The lowest BCUT2D eigenvalue weighted by Gasteiger charge is -2.27. The first-order valence-corrected chi connectivity index (χ1v) is 11.3. The molecule has 0 saturated carbocycles. The van der Waals surface area contributed by atoms with Crippen molar-refractivity contribution in [3.63, 3.8) is 0 Å². The predicted octanol–water partition coefficient (Wildman–Crippen LogP) is 4.02. The molecule has 0 aliphatic heterocycles. The van der Waals surface area contributed by atoms with Crippen molar-refractivity contribution in [2.75, 3.05) is 27.9 Å². The number of allylic oxidation sites excluding steroid dienone is 1. The monoisotopic (exact) mass is 433 g/mol. The summed E-state index contributed by atoms with van der Waals surface area (Å²) in [5, 5.41) is -0.642. The number of ether oxygens (including phenoxy) is 3. The molecule has 0 fully saturated rings. The normalized spacial score (nSPS) is 12.5. The van der Waals surface area contributed by atoms with Gasteiger partial charge in [0.25, 0.3) is 0 Å². The molecule has 0 aliphatic carbocycles. The molecule has 7 heteroatoms. The molecular weight excluding hydrogens is 402 g/mol. The Kier molecular flexibility index (Phi) is 9.36. The Morgan fingerprint density at radius 2 is 1.37 bits per heavy atom. The lowest BCUT2D eigenvalue weighted by Crippen LogP contribution is -2.40. The van der Waals surface area contributed by atoms with Crippen LogP contribution in [0.15, 0.2) is 61.2 Å². The minimum Gasteiger partial charge on any atom is -0.497 e. The molecule has 0 radical (unpaired) electrons. The molecule has 0 saturated heterocycles. The van der Waals surface area contributed by atoms with Gasteiger partial charge in [0.05, 0.1) is 26.1 Å². The van der Waals surface area contributed by atoms with Crippen molar-refractivity contribution in [1.29, 1.82) is 0 Å². The molecule has 0 bridgehead atoms. The van der Waals surface area contributed by atoms with E-state index in [-0.39, 0.29) is 19.7 Å². The van der Waals surface area contributed by atoms with E-state index in [2.05, 4.69) is 6.58 Å². The number of rotatable bonds is 13. The first-order valence-electron chi connectivity index (χ1n) is 9.79. The van der Waals surface area contributed by atoms with E-state index in [1.54, 1.807) is 20.3 Å². The Labute approximate surface area is 180 Å². The molecule has 2 rings (SSSR count). The SMILES string of the molecule is C=CCC[C@@H](COC)S(=O)(=O)N(Cc1ccc(OC)cc1)Cc1ccc(OC)cc1. The summed E-state index contributed by atoms with van der Waals surface area (Å²) < 4.78 is 44.2. The van der Waals surface area contributed by atoms with Crippen molar-refractivity contribution in [3.8, 4) is 11.5 Å². The fraction of sp³-hybridized carbons (Fsp3) is 0.391. The zero-order valence-corrected chi connectivity index (χ0v) is 18.7. The number of sulfonamides is 1. The number of methoxy groups -OCH3 is 3. The average molecular weight is 434 g/mol. The van der Waals surface area contributed by atoms with Gasteiger partial charge in [0, 0.05) is 20.2 Å². The van der Waals surface area contributed by atoms with Gasteiger partial charge in [-0.2, -0.15) is 4.31 Å². The van der Waals surface area contributed by atoms with E-state index in [1.165, 1.54) is 11.4 Å². The van der Waals surface area contributed by atoms with E-state index in [0.717, 1.165) is 22.6 Å². The summed E-state index contributed by atoms with van der Waals surface area (Å²) in [6, 6.07) is 14.8. The van der Waals surface area contributed by atoms with Crippen LogP contribution in [0.2, 0.25) is 0 Å². The predicted molar refractivity (Wildman–Crippen MR) is 119 cm³/mol. The Morgan fingerprint density at radius 1 is 0.900 bits per heavy atom. The van der Waals surface area contributed by atoms with Gasteiger partial charge in [-0.05, 0) is 48.2 Å². The number of hydrogen-bond donors (Lipinski definition) is 0. The van der Waals surface area contributed by atoms with Crippen LogP contribution in [0.3, 0.4) is 0 Å². The zero-order chi connectivity index (χ0) is 22.0. The van der Waals surface area contributed by atoms with Crippen LogP contribution < -0.4 is 9.47 Å². The van der Waals surface area contributed by atoms with Gasteiger partial charge in [-0.25, -0.2) is 8.42 Å². The molecule has 2 aromatic rings. The van der Waals surface area contributed by atoms with E-state index < -0.39 is 15.3 Å². The number of benzene rings is 2. The molecule has 6 nitrogen and oxygen atoms in total. The van der Waals surface area contributed by atoms with E-state index in [9.17, 15) is 8.42 Å². The number of nitrogens with zero attached hydrogens (tertiary/aromatic N) is 1. The summed E-state index contributed by atoms with van der Waals surface area (Å²) in [7, 11) is 1.10. The molecule has 0 aliphatic rings. The molecular formula is C23H31NO5S. The first kappa shape index (κ1) is 23.9. The van der Waals surface area contributed by atoms with Crippen LogP contribution in [-0.4, -0.2) is 45.9 Å². The molecule has 1 atom stereocenters. The maximum atomic E-state index is 13.5. The van der Waals surface area contributed by atoms with Crippen molar-refractivity contribution >= 4 is 10.0 Å². The van der Waals surface area contributed by atoms with Crippen molar-refractivity contribution in [2.45, 2.75) is 31.2 Å². The topological polar surface area (TPSA) is 65.1 Å². The van der Waals surface area contributed by atoms with Gasteiger partial charge in [-0.3, -0.25) is 0 Å². The zero-order valence-electron chi connectivity index (χ0n) is 17.9. The van der Waals surface area contributed by atoms with E-state index >= 15 is 0 Å². The number of hydrogen-bond acceptors (Lipinski definition) is 5. The summed E-state index contributed by atoms with van der Waals surface area (Å²) in [5.41, 5.74) is 1.76. The molecule has 0 aromatic heterocycles. The largest absolute Gasteiger partial charge is 0.497 e. The first-order chi connectivity index (χ1) is 14.4. The molecule has 164 valence electrons. The second-order valence-electron chi connectivity index (χ2n) is 6.95. The highest BCUT2D eigenvalue weighted by molar-refractivity contribution is 7.89. The summed E-state index contributed by atoms with van der Waals surface area (Å²) in [5.74, 6) is 1.46. The van der Waals surface area contributed by atoms with Gasteiger partial charge in [-0.1, -0.05) is 30.3 Å². The van der Waals surface area contributed by atoms with Crippen molar-refractivity contribution in [1.82, 2.24) is 4.31 Å². The van der Waals surface area contributed by atoms with Crippen LogP contribution in [0.1, 0.15) is 24.0 Å². The summed E-state index contributed by atoms with van der Waals surface area (Å²) >= 11 is 0. The molecule has 0 amide bonds. The van der Waals surface area contributed by atoms with Crippen molar-refractivity contribution < 1.29 is 22.6 Å². The van der Waals surface area contributed by atoms with Gasteiger partial charge in [0.2, 0.25) is 10.0 Å². The van der Waals surface area contributed by atoms with Gasteiger partial charge in [-0.15, -0.1) is 6.58 Å². The highest BCUT2D eigenvalue weighted by Gasteiger charge is 2.32. The second-order valence-corrected chi connectivity index (χ2v) is 9.17. The van der Waals surface area contributed by atoms with Crippen molar-refractivity contribution in [2.24, 2.45) is 0 Å². The molecule has 0 unspecified atom stereocenters. The highest BCUT2D eigenvalue weighted by atomic mass is 32.2. The van der Waals surface area contributed by atoms with Crippen LogP contribution in [0.4, 0.5) is 0 Å². The standard InChI is InChI=1S/C23H31NO5S/c1-5-6-7-23(18-27-2)30(25,26)24(16-19-8-12-21(28-3)13-9-19)17-20-10-14-22(29-4)15-11-20/h5,8-15,23H,1,6-7,16-18H2,2-4H3/t23-/m0/s1. The maximum absolute atomic E-state index is 13.5. The van der Waals surface area contributed by atoms with Gasteiger partial charge in [0.15, 0.2) is 0 Å². The second kappa shape index (κ2) is 11.7. The Hall–Kier alpha value is -2.35. The molecule has 30 heavy (non-hydrogen) atoms. The molecule has 2 aromatic carbocycles. The lowest BCUT2D eigenvalue weighted by atomic mass is 10.2.